The Hall–Kier alpha value is -2.63. The van der Waals surface area contributed by atoms with Crippen LogP contribution in [0.3, 0.4) is 0 Å². The first kappa shape index (κ1) is 20.6. The third-order valence-corrected chi connectivity index (χ3v) is 6.03. The lowest BCUT2D eigenvalue weighted by molar-refractivity contribution is 0.0931. The summed E-state index contributed by atoms with van der Waals surface area (Å²) in [6, 6.07) is 16.1. The highest BCUT2D eigenvalue weighted by Crippen LogP contribution is 2.28. The quantitative estimate of drug-likeness (QED) is 0.525. The number of anilines is 1. The number of furan rings is 1. The van der Waals surface area contributed by atoms with Gasteiger partial charge in [0.05, 0.1) is 6.26 Å². The van der Waals surface area contributed by atoms with E-state index >= 15 is 0 Å². The zero-order valence-electron chi connectivity index (χ0n) is 16.9. The molecule has 1 fully saturated rings. The van der Waals surface area contributed by atoms with Gasteiger partial charge in [0.25, 0.3) is 5.91 Å². The summed E-state index contributed by atoms with van der Waals surface area (Å²) in [5, 5.41) is 0.768. The first-order valence-electron chi connectivity index (χ1n) is 10.1. The Bertz CT molecular complexity index is 1010. The van der Waals surface area contributed by atoms with Crippen LogP contribution in [0.15, 0.2) is 65.3 Å². The average molecular weight is 427 g/mol. The number of carbonyl (C=O) groups is 1. The van der Waals surface area contributed by atoms with Crippen LogP contribution in [-0.4, -0.2) is 29.9 Å². The lowest BCUT2D eigenvalue weighted by atomic mass is 10.0. The van der Waals surface area contributed by atoms with E-state index in [2.05, 4.69) is 4.90 Å². The van der Waals surface area contributed by atoms with Gasteiger partial charge in [0.1, 0.15) is 5.82 Å². The second-order valence-electron chi connectivity index (χ2n) is 7.68. The first-order chi connectivity index (χ1) is 14.5. The van der Waals surface area contributed by atoms with Gasteiger partial charge in [-0.25, -0.2) is 4.39 Å². The number of halogens is 2. The van der Waals surface area contributed by atoms with Gasteiger partial charge < -0.3 is 9.32 Å². The molecule has 1 aliphatic heterocycles. The summed E-state index contributed by atoms with van der Waals surface area (Å²) in [7, 11) is 0. The number of nitrogens with zero attached hydrogens (tertiary/aromatic N) is 2. The number of likely N-dealkylation sites (tertiary alicyclic amines) is 1. The van der Waals surface area contributed by atoms with E-state index in [0.717, 1.165) is 43.1 Å². The Morgan fingerprint density at radius 3 is 2.60 bits per heavy atom. The van der Waals surface area contributed by atoms with Crippen LogP contribution in [0.1, 0.15) is 34.5 Å². The molecule has 1 aromatic heterocycles. The zero-order chi connectivity index (χ0) is 21.1. The normalized spacial score (nSPS) is 15.3. The Morgan fingerprint density at radius 1 is 1.17 bits per heavy atom. The molecule has 1 saturated heterocycles. The summed E-state index contributed by atoms with van der Waals surface area (Å²) in [5.41, 5.74) is 2.21. The minimum atomic E-state index is -0.319. The summed E-state index contributed by atoms with van der Waals surface area (Å²) >= 11 is 6.30. The molecule has 0 spiro atoms. The molecule has 3 aromatic rings. The van der Waals surface area contributed by atoms with Crippen LogP contribution in [0.4, 0.5) is 10.1 Å². The molecule has 0 atom stereocenters. The molecule has 4 nitrogen and oxygen atoms in total. The number of aryl methyl sites for hydroxylation is 1. The molecule has 0 radical (unpaired) electrons. The predicted molar refractivity (Wildman–Crippen MR) is 116 cm³/mol. The predicted octanol–water partition coefficient (Wildman–Crippen LogP) is 5.69. The third-order valence-electron chi connectivity index (χ3n) is 5.66. The number of rotatable bonds is 5. The Morgan fingerprint density at radius 2 is 1.93 bits per heavy atom. The van der Waals surface area contributed by atoms with Crippen LogP contribution in [0.25, 0.3) is 0 Å². The Kier molecular flexibility index (Phi) is 6.21. The van der Waals surface area contributed by atoms with Gasteiger partial charge in [-0.1, -0.05) is 35.9 Å². The Balaban J connectivity index is 1.52. The highest BCUT2D eigenvalue weighted by atomic mass is 35.5. The van der Waals surface area contributed by atoms with Crippen molar-refractivity contribution in [2.24, 2.45) is 0 Å². The summed E-state index contributed by atoms with van der Waals surface area (Å²) < 4.78 is 19.6. The molecule has 0 aliphatic carbocycles. The summed E-state index contributed by atoms with van der Waals surface area (Å²) in [5.74, 6) is -0.303. The number of benzene rings is 2. The van der Waals surface area contributed by atoms with Crippen LogP contribution in [0.5, 0.6) is 0 Å². The maximum absolute atomic E-state index is 14.3. The molecule has 30 heavy (non-hydrogen) atoms. The molecule has 2 aromatic carbocycles. The Labute approximate surface area is 180 Å². The van der Waals surface area contributed by atoms with E-state index < -0.39 is 0 Å². The van der Waals surface area contributed by atoms with Gasteiger partial charge in [0, 0.05) is 36.4 Å². The van der Waals surface area contributed by atoms with E-state index in [1.165, 1.54) is 12.3 Å². The standard InChI is InChI=1S/C24H24ClFN2O2/c1-17-8-9-20(15-22(17)26)28(24(29)23-7-4-14-30-23)19-10-12-27(13-11-19)16-18-5-2-3-6-21(18)25/h2-9,14-15,19H,10-13,16H2,1H3. The minimum absolute atomic E-state index is 0.0350. The van der Waals surface area contributed by atoms with E-state index in [-0.39, 0.29) is 23.5 Å². The highest BCUT2D eigenvalue weighted by molar-refractivity contribution is 6.31. The second-order valence-corrected chi connectivity index (χ2v) is 8.09. The van der Waals surface area contributed by atoms with Crippen molar-refractivity contribution in [1.82, 2.24) is 4.90 Å². The summed E-state index contributed by atoms with van der Waals surface area (Å²) in [6.07, 6.45) is 3.05. The van der Waals surface area contributed by atoms with Gasteiger partial charge >= 0.3 is 0 Å². The fourth-order valence-electron chi connectivity index (χ4n) is 3.95. The van der Waals surface area contributed by atoms with Crippen LogP contribution >= 0.6 is 11.6 Å². The number of hydrogen-bond acceptors (Lipinski definition) is 3. The van der Waals surface area contributed by atoms with Crippen molar-refractivity contribution in [3.8, 4) is 0 Å². The van der Waals surface area contributed by atoms with Gasteiger partial charge in [0.15, 0.2) is 5.76 Å². The van der Waals surface area contributed by atoms with Crippen molar-refractivity contribution in [2.45, 2.75) is 32.4 Å². The lowest BCUT2D eigenvalue weighted by Crippen LogP contribution is -2.47. The first-order valence-corrected chi connectivity index (χ1v) is 10.5. The van der Waals surface area contributed by atoms with Crippen LogP contribution in [0, 0.1) is 12.7 Å². The molecule has 1 amide bonds. The molecule has 0 bridgehead atoms. The highest BCUT2D eigenvalue weighted by Gasteiger charge is 2.31. The van der Waals surface area contributed by atoms with E-state index in [1.807, 2.05) is 24.3 Å². The van der Waals surface area contributed by atoms with Gasteiger partial charge in [0.2, 0.25) is 0 Å². The monoisotopic (exact) mass is 426 g/mol. The molecule has 0 unspecified atom stereocenters. The SMILES string of the molecule is Cc1ccc(N(C(=O)c2ccco2)C2CCN(Cc3ccccc3Cl)CC2)cc1F. The second kappa shape index (κ2) is 9.02. The van der Waals surface area contributed by atoms with Crippen LogP contribution in [0.2, 0.25) is 5.02 Å². The molecule has 156 valence electrons. The van der Waals surface area contributed by atoms with Crippen molar-refractivity contribution in [1.29, 1.82) is 0 Å². The largest absolute Gasteiger partial charge is 0.459 e. The molecule has 1 aliphatic rings. The van der Waals surface area contributed by atoms with Gasteiger partial charge in [-0.15, -0.1) is 0 Å². The zero-order valence-corrected chi connectivity index (χ0v) is 17.6. The van der Waals surface area contributed by atoms with Crippen molar-refractivity contribution in [3.63, 3.8) is 0 Å². The molecule has 2 heterocycles. The van der Waals surface area contributed by atoms with Gasteiger partial charge in [-0.2, -0.15) is 0 Å². The summed E-state index contributed by atoms with van der Waals surface area (Å²) in [6.45, 7) is 4.14. The van der Waals surface area contributed by atoms with E-state index in [0.29, 0.717) is 11.3 Å². The van der Waals surface area contributed by atoms with E-state index in [4.69, 9.17) is 16.0 Å². The fraction of sp³-hybridized carbons (Fsp3) is 0.292. The van der Waals surface area contributed by atoms with E-state index in [1.54, 1.807) is 36.1 Å². The molecular formula is C24H24ClFN2O2. The van der Waals surface area contributed by atoms with Crippen LogP contribution in [-0.2, 0) is 6.54 Å². The smallest absolute Gasteiger partial charge is 0.294 e. The van der Waals surface area contributed by atoms with E-state index in [9.17, 15) is 9.18 Å². The lowest BCUT2D eigenvalue weighted by Gasteiger charge is -2.38. The number of piperidine rings is 1. The van der Waals surface area contributed by atoms with Gasteiger partial charge in [-0.05, 0) is 61.2 Å². The van der Waals surface area contributed by atoms with Crippen molar-refractivity contribution in [3.05, 3.63) is 88.6 Å². The molecule has 4 rings (SSSR count). The summed E-state index contributed by atoms with van der Waals surface area (Å²) in [4.78, 5) is 17.2. The molecular weight excluding hydrogens is 403 g/mol. The van der Waals surface area contributed by atoms with Crippen molar-refractivity contribution in [2.75, 3.05) is 18.0 Å². The average Bonchev–Trinajstić information content (AvgIpc) is 3.29. The molecule has 6 heteroatoms. The maximum Gasteiger partial charge on any atom is 0.294 e. The number of carbonyl (C=O) groups excluding carboxylic acids is 1. The topological polar surface area (TPSA) is 36.7 Å². The van der Waals surface area contributed by atoms with Crippen molar-refractivity contribution >= 4 is 23.2 Å². The van der Waals surface area contributed by atoms with Gasteiger partial charge in [-0.3, -0.25) is 9.69 Å². The fourth-order valence-corrected chi connectivity index (χ4v) is 4.14. The third kappa shape index (κ3) is 4.42. The number of hydrogen-bond donors (Lipinski definition) is 0. The maximum atomic E-state index is 14.3. The van der Waals surface area contributed by atoms with Crippen LogP contribution < -0.4 is 4.90 Å². The van der Waals surface area contributed by atoms with Crippen molar-refractivity contribution < 1.29 is 13.6 Å². The minimum Gasteiger partial charge on any atom is -0.459 e. The molecule has 0 N–H and O–H groups in total. The molecule has 0 saturated carbocycles. The number of amides is 1.